The molecule has 1 unspecified atom stereocenters. The third-order valence-electron chi connectivity index (χ3n) is 2.75. The zero-order chi connectivity index (χ0) is 12.3. The van der Waals surface area contributed by atoms with Crippen molar-refractivity contribution in [3.8, 4) is 0 Å². The number of rotatable bonds is 4. The van der Waals surface area contributed by atoms with E-state index in [1.54, 1.807) is 23.5 Å². The molecule has 1 heterocycles. The highest BCUT2D eigenvalue weighted by Gasteiger charge is 2.12. The third kappa shape index (κ3) is 3.11. The molecule has 1 aromatic heterocycles. The zero-order valence-electron chi connectivity index (χ0n) is 9.69. The van der Waals surface area contributed by atoms with E-state index >= 15 is 0 Å². The molecule has 2 N–H and O–H groups in total. The van der Waals surface area contributed by atoms with Crippen LogP contribution in [0.4, 0.5) is 4.39 Å². The summed E-state index contributed by atoms with van der Waals surface area (Å²) in [5.74, 6) is -0.00822. The average molecular weight is 250 g/mol. The Morgan fingerprint density at radius 2 is 2.06 bits per heavy atom. The standard InChI is InChI=1S/C13H15FN2S/c1-9-16-13(8-17-9)6-11(7-15)10-2-4-12(14)5-3-10/h2-5,8,11H,6-7,15H2,1H3. The van der Waals surface area contributed by atoms with Crippen LogP contribution in [0.15, 0.2) is 29.6 Å². The summed E-state index contributed by atoms with van der Waals surface area (Å²) in [7, 11) is 0. The van der Waals surface area contributed by atoms with Crippen molar-refractivity contribution < 1.29 is 4.39 Å². The van der Waals surface area contributed by atoms with Crippen LogP contribution in [-0.4, -0.2) is 11.5 Å². The molecule has 0 spiro atoms. The van der Waals surface area contributed by atoms with E-state index in [1.165, 1.54) is 12.1 Å². The minimum Gasteiger partial charge on any atom is -0.330 e. The lowest BCUT2D eigenvalue weighted by Gasteiger charge is -2.13. The zero-order valence-corrected chi connectivity index (χ0v) is 10.5. The van der Waals surface area contributed by atoms with Crippen molar-refractivity contribution in [3.05, 3.63) is 51.7 Å². The highest BCUT2D eigenvalue weighted by atomic mass is 32.1. The minimum atomic E-state index is -0.214. The minimum absolute atomic E-state index is 0.206. The van der Waals surface area contributed by atoms with E-state index in [2.05, 4.69) is 10.4 Å². The molecule has 1 atom stereocenters. The molecule has 0 amide bonds. The van der Waals surface area contributed by atoms with Gasteiger partial charge in [-0.15, -0.1) is 11.3 Å². The van der Waals surface area contributed by atoms with Crippen LogP contribution in [-0.2, 0) is 6.42 Å². The van der Waals surface area contributed by atoms with Crippen molar-refractivity contribution in [3.63, 3.8) is 0 Å². The second kappa shape index (κ2) is 5.38. The van der Waals surface area contributed by atoms with Crippen LogP contribution in [0, 0.1) is 12.7 Å². The summed E-state index contributed by atoms with van der Waals surface area (Å²) in [5.41, 5.74) is 7.91. The van der Waals surface area contributed by atoms with Crippen LogP contribution in [0.3, 0.4) is 0 Å². The topological polar surface area (TPSA) is 38.9 Å². The maximum absolute atomic E-state index is 12.8. The van der Waals surface area contributed by atoms with Gasteiger partial charge in [0.05, 0.1) is 10.7 Å². The predicted octanol–water partition coefficient (Wildman–Crippen LogP) is 2.88. The predicted molar refractivity (Wildman–Crippen MR) is 68.8 cm³/mol. The van der Waals surface area contributed by atoms with Crippen LogP contribution in [0.2, 0.25) is 0 Å². The normalized spacial score (nSPS) is 12.6. The van der Waals surface area contributed by atoms with E-state index in [4.69, 9.17) is 5.73 Å². The molecule has 0 aliphatic heterocycles. The summed E-state index contributed by atoms with van der Waals surface area (Å²) in [6.45, 7) is 2.53. The molecule has 0 saturated heterocycles. The van der Waals surface area contributed by atoms with Gasteiger partial charge in [-0.1, -0.05) is 12.1 Å². The number of aromatic nitrogens is 1. The third-order valence-corrected chi connectivity index (χ3v) is 3.57. The van der Waals surface area contributed by atoms with Crippen LogP contribution < -0.4 is 5.73 Å². The van der Waals surface area contributed by atoms with Crippen molar-refractivity contribution >= 4 is 11.3 Å². The molecule has 0 bridgehead atoms. The number of hydrogen-bond acceptors (Lipinski definition) is 3. The molecular formula is C13H15FN2S. The summed E-state index contributed by atoms with van der Waals surface area (Å²) in [6.07, 6.45) is 0.812. The lowest BCUT2D eigenvalue weighted by atomic mass is 9.95. The van der Waals surface area contributed by atoms with Crippen LogP contribution in [0.1, 0.15) is 22.2 Å². The number of hydrogen-bond donors (Lipinski definition) is 1. The Hall–Kier alpha value is -1.26. The van der Waals surface area contributed by atoms with Crippen molar-refractivity contribution in [2.24, 2.45) is 5.73 Å². The SMILES string of the molecule is Cc1nc(CC(CN)c2ccc(F)cc2)cs1. The number of aryl methyl sites for hydroxylation is 1. The average Bonchev–Trinajstić information content (AvgIpc) is 2.73. The molecule has 0 aliphatic carbocycles. The first kappa shape index (κ1) is 12.2. The van der Waals surface area contributed by atoms with Gasteiger partial charge in [0, 0.05) is 11.3 Å². The molecule has 0 fully saturated rings. The van der Waals surface area contributed by atoms with Crippen molar-refractivity contribution in [2.45, 2.75) is 19.3 Å². The van der Waals surface area contributed by atoms with Gasteiger partial charge in [0.15, 0.2) is 0 Å². The van der Waals surface area contributed by atoms with Gasteiger partial charge in [0.2, 0.25) is 0 Å². The van der Waals surface area contributed by atoms with Gasteiger partial charge in [-0.05, 0) is 37.6 Å². The van der Waals surface area contributed by atoms with Gasteiger partial charge in [-0.25, -0.2) is 9.37 Å². The quantitative estimate of drug-likeness (QED) is 0.906. The number of nitrogens with zero attached hydrogens (tertiary/aromatic N) is 1. The summed E-state index contributed by atoms with van der Waals surface area (Å²) >= 11 is 1.64. The molecule has 2 aromatic rings. The maximum atomic E-state index is 12.8. The Morgan fingerprint density at radius 3 is 2.59 bits per heavy atom. The number of nitrogens with two attached hydrogens (primary N) is 1. The molecule has 17 heavy (non-hydrogen) atoms. The fourth-order valence-electron chi connectivity index (χ4n) is 1.83. The van der Waals surface area contributed by atoms with E-state index < -0.39 is 0 Å². The summed E-state index contributed by atoms with van der Waals surface area (Å²) in [6, 6.07) is 6.55. The van der Waals surface area contributed by atoms with Gasteiger partial charge in [0.25, 0.3) is 0 Å². The van der Waals surface area contributed by atoms with Crippen LogP contribution >= 0.6 is 11.3 Å². The van der Waals surface area contributed by atoms with Gasteiger partial charge in [-0.2, -0.15) is 0 Å². The first-order valence-electron chi connectivity index (χ1n) is 5.55. The van der Waals surface area contributed by atoms with E-state index in [0.29, 0.717) is 6.54 Å². The Kier molecular flexibility index (Phi) is 3.86. The maximum Gasteiger partial charge on any atom is 0.123 e. The van der Waals surface area contributed by atoms with E-state index in [-0.39, 0.29) is 11.7 Å². The van der Waals surface area contributed by atoms with Crippen molar-refractivity contribution in [2.75, 3.05) is 6.54 Å². The van der Waals surface area contributed by atoms with E-state index in [0.717, 1.165) is 22.7 Å². The molecule has 4 heteroatoms. The summed E-state index contributed by atoms with van der Waals surface area (Å²) < 4.78 is 12.8. The van der Waals surface area contributed by atoms with E-state index in [9.17, 15) is 4.39 Å². The Labute approximate surface area is 104 Å². The lowest BCUT2D eigenvalue weighted by Crippen LogP contribution is -2.15. The molecule has 0 radical (unpaired) electrons. The highest BCUT2D eigenvalue weighted by molar-refractivity contribution is 7.09. The van der Waals surface area contributed by atoms with Crippen molar-refractivity contribution in [1.82, 2.24) is 4.98 Å². The van der Waals surface area contributed by atoms with Gasteiger partial charge < -0.3 is 5.73 Å². The van der Waals surface area contributed by atoms with Crippen molar-refractivity contribution in [1.29, 1.82) is 0 Å². The Bertz CT molecular complexity index is 478. The monoisotopic (exact) mass is 250 g/mol. The molecule has 0 aliphatic rings. The van der Waals surface area contributed by atoms with E-state index in [1.807, 2.05) is 6.92 Å². The Morgan fingerprint density at radius 1 is 1.35 bits per heavy atom. The number of thiazole rings is 1. The molecule has 90 valence electrons. The molecular weight excluding hydrogens is 235 g/mol. The second-order valence-electron chi connectivity index (χ2n) is 4.05. The number of benzene rings is 1. The first-order valence-corrected chi connectivity index (χ1v) is 6.43. The first-order chi connectivity index (χ1) is 8.19. The molecule has 2 rings (SSSR count). The summed E-state index contributed by atoms with van der Waals surface area (Å²) in [5, 5.41) is 3.12. The molecule has 1 aromatic carbocycles. The fourth-order valence-corrected chi connectivity index (χ4v) is 2.45. The Balaban J connectivity index is 2.13. The van der Waals surface area contributed by atoms with Gasteiger partial charge >= 0.3 is 0 Å². The van der Waals surface area contributed by atoms with Gasteiger partial charge in [0.1, 0.15) is 5.82 Å². The molecule has 2 nitrogen and oxygen atoms in total. The largest absolute Gasteiger partial charge is 0.330 e. The smallest absolute Gasteiger partial charge is 0.123 e. The van der Waals surface area contributed by atoms with Crippen LogP contribution in [0.5, 0.6) is 0 Å². The fraction of sp³-hybridized carbons (Fsp3) is 0.308. The lowest BCUT2D eigenvalue weighted by molar-refractivity contribution is 0.623. The highest BCUT2D eigenvalue weighted by Crippen LogP contribution is 2.21. The van der Waals surface area contributed by atoms with Crippen LogP contribution in [0.25, 0.3) is 0 Å². The number of halogens is 1. The molecule has 0 saturated carbocycles. The second-order valence-corrected chi connectivity index (χ2v) is 5.11. The van der Waals surface area contributed by atoms with Gasteiger partial charge in [-0.3, -0.25) is 0 Å². The summed E-state index contributed by atoms with van der Waals surface area (Å²) in [4.78, 5) is 4.43.